The Hall–Kier alpha value is -3.56. The highest BCUT2D eigenvalue weighted by atomic mass is 19.4. The zero-order valence-electron chi connectivity index (χ0n) is 16.0. The average Bonchev–Trinajstić information content (AvgIpc) is 3.42. The van der Waals surface area contributed by atoms with Crippen molar-refractivity contribution in [2.24, 2.45) is 0 Å². The van der Waals surface area contributed by atoms with E-state index >= 15 is 0 Å². The zero-order valence-corrected chi connectivity index (χ0v) is 16.0. The second-order valence-electron chi connectivity index (χ2n) is 7.13. The van der Waals surface area contributed by atoms with Crippen molar-refractivity contribution in [1.82, 2.24) is 24.6 Å². The van der Waals surface area contributed by atoms with Gasteiger partial charge in [-0.1, -0.05) is 0 Å². The Morgan fingerprint density at radius 3 is 2.77 bits per heavy atom. The molecule has 1 aliphatic rings. The number of aromatic nitrogens is 5. The summed E-state index contributed by atoms with van der Waals surface area (Å²) in [5.41, 5.74) is 0.850. The lowest BCUT2D eigenvalue weighted by Gasteiger charge is -2.14. The van der Waals surface area contributed by atoms with Crippen molar-refractivity contribution in [3.63, 3.8) is 0 Å². The van der Waals surface area contributed by atoms with Crippen LogP contribution in [0.25, 0.3) is 16.8 Å². The van der Waals surface area contributed by atoms with Gasteiger partial charge in [-0.05, 0) is 30.2 Å². The Bertz CT molecular complexity index is 1280. The minimum absolute atomic E-state index is 0.129. The summed E-state index contributed by atoms with van der Waals surface area (Å²) in [5, 5.41) is 7.84. The highest BCUT2D eigenvalue weighted by Gasteiger charge is 2.34. The number of halogens is 4. The van der Waals surface area contributed by atoms with Gasteiger partial charge in [0.2, 0.25) is 0 Å². The molecule has 10 heteroatoms. The van der Waals surface area contributed by atoms with E-state index in [1.165, 1.54) is 23.0 Å². The lowest BCUT2D eigenvalue weighted by atomic mass is 9.99. The Labute approximate surface area is 173 Å². The predicted molar refractivity (Wildman–Crippen MR) is 102 cm³/mol. The van der Waals surface area contributed by atoms with E-state index < -0.39 is 11.7 Å². The summed E-state index contributed by atoms with van der Waals surface area (Å²) in [7, 11) is 0. The topological polar surface area (TPSA) is 65.2 Å². The summed E-state index contributed by atoms with van der Waals surface area (Å²) in [5.74, 6) is 0.883. The maximum absolute atomic E-state index is 14.4. The summed E-state index contributed by atoms with van der Waals surface area (Å²) < 4.78 is 61.8. The fraction of sp³-hybridized carbons (Fsp3) is 0.238. The second kappa shape index (κ2) is 7.29. The fourth-order valence-corrected chi connectivity index (χ4v) is 3.92. The van der Waals surface area contributed by atoms with E-state index in [1.54, 1.807) is 6.07 Å². The number of fused-ring (bicyclic) bond motifs is 2. The van der Waals surface area contributed by atoms with Crippen molar-refractivity contribution < 1.29 is 22.3 Å². The first-order valence-corrected chi connectivity index (χ1v) is 9.55. The molecule has 158 valence electrons. The zero-order chi connectivity index (χ0) is 21.6. The predicted octanol–water partition coefficient (Wildman–Crippen LogP) is 4.06. The summed E-state index contributed by atoms with van der Waals surface area (Å²) >= 11 is 0. The highest BCUT2D eigenvalue weighted by molar-refractivity contribution is 5.78. The number of benzene rings is 1. The number of pyridine rings is 1. The van der Waals surface area contributed by atoms with Crippen LogP contribution in [0.1, 0.15) is 22.5 Å². The maximum atomic E-state index is 14.4. The van der Waals surface area contributed by atoms with E-state index in [9.17, 15) is 17.6 Å². The van der Waals surface area contributed by atoms with Gasteiger partial charge >= 0.3 is 6.18 Å². The molecule has 0 radical (unpaired) electrons. The molecule has 0 amide bonds. The van der Waals surface area contributed by atoms with E-state index in [1.807, 2.05) is 0 Å². The van der Waals surface area contributed by atoms with Crippen LogP contribution < -0.4 is 4.74 Å². The molecule has 1 aliphatic heterocycles. The smallest absolute Gasteiger partial charge is 0.417 e. The van der Waals surface area contributed by atoms with Gasteiger partial charge in [0.1, 0.15) is 23.7 Å². The van der Waals surface area contributed by atoms with E-state index in [4.69, 9.17) is 4.74 Å². The van der Waals surface area contributed by atoms with Crippen LogP contribution >= 0.6 is 0 Å². The van der Waals surface area contributed by atoms with Crippen molar-refractivity contribution in [2.75, 3.05) is 6.61 Å². The minimum atomic E-state index is -4.55. The van der Waals surface area contributed by atoms with E-state index in [-0.39, 0.29) is 22.6 Å². The number of rotatable bonds is 4. The van der Waals surface area contributed by atoms with Gasteiger partial charge in [-0.25, -0.2) is 9.37 Å². The van der Waals surface area contributed by atoms with Gasteiger partial charge in [-0.15, -0.1) is 10.2 Å². The van der Waals surface area contributed by atoms with Gasteiger partial charge in [-0.3, -0.25) is 9.38 Å². The maximum Gasteiger partial charge on any atom is 0.417 e. The third-order valence-corrected chi connectivity index (χ3v) is 5.37. The number of aryl methyl sites for hydroxylation is 1. The first-order chi connectivity index (χ1) is 14.9. The molecule has 6 nitrogen and oxygen atoms in total. The molecule has 3 aromatic heterocycles. The van der Waals surface area contributed by atoms with Crippen LogP contribution in [0.3, 0.4) is 0 Å². The SMILES string of the molecule is Fc1ccc2c(c1CCc1ncc(-c3cnccc3C(F)(F)F)c3nncn13)CCO2. The Morgan fingerprint density at radius 2 is 1.94 bits per heavy atom. The number of ether oxygens (including phenoxy) is 1. The van der Waals surface area contributed by atoms with Crippen LogP contribution in [0.15, 0.2) is 43.1 Å². The van der Waals surface area contributed by atoms with Gasteiger partial charge in [0.05, 0.1) is 12.2 Å². The Kier molecular flexibility index (Phi) is 4.57. The van der Waals surface area contributed by atoms with Crippen LogP contribution in [0.2, 0.25) is 0 Å². The third kappa shape index (κ3) is 3.37. The molecule has 31 heavy (non-hydrogen) atoms. The molecule has 0 unspecified atom stereocenters. The molecule has 0 saturated heterocycles. The van der Waals surface area contributed by atoms with Crippen molar-refractivity contribution in [3.8, 4) is 16.9 Å². The molecule has 0 atom stereocenters. The molecule has 0 saturated carbocycles. The monoisotopic (exact) mass is 429 g/mol. The van der Waals surface area contributed by atoms with Crippen molar-refractivity contribution >= 4 is 5.65 Å². The lowest BCUT2D eigenvalue weighted by Crippen LogP contribution is -2.09. The van der Waals surface area contributed by atoms with Gasteiger partial charge in [-0.2, -0.15) is 13.2 Å². The molecule has 0 aliphatic carbocycles. The standard InChI is InChI=1S/C21H15F4N5O/c22-17-2-3-18-13(6-8-31-18)12(17)1-4-19-27-10-15(20-29-28-11-30(19)20)14-9-26-7-5-16(14)21(23,24)25/h2-3,5,7,9-11H,1,4,6,8H2. The quantitative estimate of drug-likeness (QED) is 0.458. The average molecular weight is 429 g/mol. The van der Waals surface area contributed by atoms with Crippen LogP contribution in [0.4, 0.5) is 17.6 Å². The van der Waals surface area contributed by atoms with Gasteiger partial charge in [0.15, 0.2) is 5.65 Å². The van der Waals surface area contributed by atoms with Crippen LogP contribution in [-0.4, -0.2) is 31.2 Å². The van der Waals surface area contributed by atoms with E-state index in [0.29, 0.717) is 43.0 Å². The molecular weight excluding hydrogens is 414 g/mol. The molecule has 1 aromatic carbocycles. The van der Waals surface area contributed by atoms with Crippen LogP contribution in [-0.2, 0) is 25.4 Å². The summed E-state index contributed by atoms with van der Waals surface area (Å²) in [4.78, 5) is 8.18. The largest absolute Gasteiger partial charge is 0.493 e. The molecule has 0 bridgehead atoms. The second-order valence-corrected chi connectivity index (χ2v) is 7.13. The summed E-state index contributed by atoms with van der Waals surface area (Å²) in [6, 6.07) is 3.92. The molecule has 0 spiro atoms. The fourth-order valence-electron chi connectivity index (χ4n) is 3.92. The van der Waals surface area contributed by atoms with Gasteiger partial charge < -0.3 is 4.74 Å². The Morgan fingerprint density at radius 1 is 1.06 bits per heavy atom. The first kappa shape index (κ1) is 19.4. The van der Waals surface area contributed by atoms with Crippen molar-refractivity contribution in [2.45, 2.75) is 25.4 Å². The molecule has 4 aromatic rings. The lowest BCUT2D eigenvalue weighted by molar-refractivity contribution is -0.137. The molecule has 4 heterocycles. The van der Waals surface area contributed by atoms with Crippen LogP contribution in [0, 0.1) is 5.82 Å². The highest BCUT2D eigenvalue weighted by Crippen LogP contribution is 2.37. The number of alkyl halides is 3. The first-order valence-electron chi connectivity index (χ1n) is 9.55. The van der Waals surface area contributed by atoms with E-state index in [0.717, 1.165) is 24.0 Å². The van der Waals surface area contributed by atoms with Gasteiger partial charge in [0.25, 0.3) is 0 Å². The summed E-state index contributed by atoms with van der Waals surface area (Å²) in [6.45, 7) is 0.515. The molecular formula is C21H15F4N5O. The number of hydrogen-bond donors (Lipinski definition) is 0. The number of nitrogens with zero attached hydrogens (tertiary/aromatic N) is 5. The third-order valence-electron chi connectivity index (χ3n) is 5.37. The van der Waals surface area contributed by atoms with Crippen molar-refractivity contribution in [1.29, 1.82) is 0 Å². The summed E-state index contributed by atoms with van der Waals surface area (Å²) in [6.07, 6.45) is 1.74. The number of hydrogen-bond acceptors (Lipinski definition) is 5. The normalized spacial score (nSPS) is 13.4. The van der Waals surface area contributed by atoms with Gasteiger partial charge in [0, 0.05) is 48.1 Å². The molecule has 0 N–H and O–H groups in total. The van der Waals surface area contributed by atoms with E-state index in [2.05, 4.69) is 20.2 Å². The molecule has 0 fully saturated rings. The molecule has 5 rings (SSSR count). The minimum Gasteiger partial charge on any atom is -0.493 e. The van der Waals surface area contributed by atoms with Crippen LogP contribution in [0.5, 0.6) is 5.75 Å². The van der Waals surface area contributed by atoms with Crippen molar-refractivity contribution in [3.05, 3.63) is 71.4 Å². The Balaban J connectivity index is 1.52.